The Morgan fingerprint density at radius 3 is 3.00 bits per heavy atom. The molecule has 1 atom stereocenters. The first kappa shape index (κ1) is 12.0. The van der Waals surface area contributed by atoms with Crippen molar-refractivity contribution in [3.63, 3.8) is 0 Å². The highest BCUT2D eigenvalue weighted by Crippen LogP contribution is 2.34. The molecular formula is C11H13BrClNO2. The first-order valence-corrected chi connectivity index (χ1v) is 6.33. The number of halogens is 2. The summed E-state index contributed by atoms with van der Waals surface area (Å²) in [6, 6.07) is 3.54. The number of ether oxygens (including phenoxy) is 2. The first-order valence-electron chi connectivity index (χ1n) is 5.16. The molecule has 2 N–H and O–H groups in total. The number of nitrogens with two attached hydrogens (primary N) is 1. The van der Waals surface area contributed by atoms with Crippen molar-refractivity contribution in [2.75, 3.05) is 18.9 Å². The number of rotatable bonds is 3. The zero-order chi connectivity index (χ0) is 11.5. The maximum absolute atomic E-state index is 6.04. The number of benzene rings is 1. The van der Waals surface area contributed by atoms with Crippen molar-refractivity contribution in [3.05, 3.63) is 21.6 Å². The molecule has 2 rings (SSSR count). The van der Waals surface area contributed by atoms with Crippen LogP contribution >= 0.6 is 27.5 Å². The molecule has 5 heteroatoms. The van der Waals surface area contributed by atoms with Gasteiger partial charge in [0, 0.05) is 11.1 Å². The zero-order valence-corrected chi connectivity index (χ0v) is 11.1. The minimum absolute atomic E-state index is 0.166. The quantitative estimate of drug-likeness (QED) is 0.872. The molecule has 1 aliphatic heterocycles. The molecule has 0 saturated carbocycles. The Morgan fingerprint density at radius 1 is 1.56 bits per heavy atom. The molecule has 0 aromatic heterocycles. The summed E-state index contributed by atoms with van der Waals surface area (Å²) in [5, 5.41) is 0.518. The summed E-state index contributed by atoms with van der Waals surface area (Å²) in [6.07, 6.45) is 2.30. The van der Waals surface area contributed by atoms with E-state index in [1.165, 1.54) is 0 Å². The molecule has 0 radical (unpaired) electrons. The van der Waals surface area contributed by atoms with Gasteiger partial charge in [0.15, 0.2) is 5.75 Å². The lowest BCUT2D eigenvalue weighted by molar-refractivity contribution is 0.0682. The van der Waals surface area contributed by atoms with E-state index in [0.717, 1.165) is 23.9 Å². The Labute approximate surface area is 108 Å². The Kier molecular flexibility index (Phi) is 3.95. The fourth-order valence-electron chi connectivity index (χ4n) is 1.68. The van der Waals surface area contributed by atoms with Crippen LogP contribution < -0.4 is 10.5 Å². The predicted octanol–water partition coefficient (Wildman–Crippen LogP) is 3.24. The third-order valence-corrected chi connectivity index (χ3v) is 3.21. The van der Waals surface area contributed by atoms with Gasteiger partial charge in [0.2, 0.25) is 0 Å². The van der Waals surface area contributed by atoms with Crippen LogP contribution in [0.1, 0.15) is 12.8 Å². The molecule has 88 valence electrons. The van der Waals surface area contributed by atoms with Crippen LogP contribution in [-0.2, 0) is 4.74 Å². The van der Waals surface area contributed by atoms with Crippen LogP contribution in [0.2, 0.25) is 5.02 Å². The molecule has 1 saturated heterocycles. The van der Waals surface area contributed by atoms with Gasteiger partial charge in [-0.3, -0.25) is 0 Å². The van der Waals surface area contributed by atoms with Gasteiger partial charge in [-0.05, 0) is 25.0 Å². The SMILES string of the molecule is Nc1cc(Br)cc(Cl)c1OCC1CCCO1. The van der Waals surface area contributed by atoms with Crippen LogP contribution in [0.15, 0.2) is 16.6 Å². The van der Waals surface area contributed by atoms with Crippen molar-refractivity contribution in [3.8, 4) is 5.75 Å². The first-order chi connectivity index (χ1) is 7.66. The van der Waals surface area contributed by atoms with Gasteiger partial charge in [0.1, 0.15) is 6.61 Å². The van der Waals surface area contributed by atoms with Gasteiger partial charge in [-0.15, -0.1) is 0 Å². The van der Waals surface area contributed by atoms with E-state index in [0.29, 0.717) is 23.1 Å². The molecule has 0 amide bonds. The number of nitrogen functional groups attached to an aromatic ring is 1. The number of anilines is 1. The maximum atomic E-state index is 6.04. The van der Waals surface area contributed by atoms with Gasteiger partial charge >= 0.3 is 0 Å². The molecule has 1 aliphatic rings. The highest BCUT2D eigenvalue weighted by molar-refractivity contribution is 9.10. The summed E-state index contributed by atoms with van der Waals surface area (Å²) in [4.78, 5) is 0. The van der Waals surface area contributed by atoms with E-state index in [9.17, 15) is 0 Å². The lowest BCUT2D eigenvalue weighted by Crippen LogP contribution is -2.16. The monoisotopic (exact) mass is 305 g/mol. The average Bonchev–Trinajstić information content (AvgIpc) is 2.68. The Hall–Kier alpha value is -0.450. The van der Waals surface area contributed by atoms with Gasteiger partial charge in [-0.1, -0.05) is 27.5 Å². The van der Waals surface area contributed by atoms with Crippen LogP contribution in [0.5, 0.6) is 5.75 Å². The Balaban J connectivity index is 2.03. The smallest absolute Gasteiger partial charge is 0.160 e. The van der Waals surface area contributed by atoms with Crippen molar-refractivity contribution in [2.24, 2.45) is 0 Å². The Bertz CT molecular complexity index is 357. The van der Waals surface area contributed by atoms with E-state index in [1.54, 1.807) is 12.1 Å². The topological polar surface area (TPSA) is 44.5 Å². The fraction of sp³-hybridized carbons (Fsp3) is 0.455. The van der Waals surface area contributed by atoms with E-state index >= 15 is 0 Å². The van der Waals surface area contributed by atoms with E-state index in [2.05, 4.69) is 15.9 Å². The summed E-state index contributed by atoms with van der Waals surface area (Å²) < 4.78 is 11.9. The molecule has 3 nitrogen and oxygen atoms in total. The van der Waals surface area contributed by atoms with Gasteiger partial charge < -0.3 is 15.2 Å². The average molecular weight is 307 g/mol. The number of hydrogen-bond acceptors (Lipinski definition) is 3. The third kappa shape index (κ3) is 2.81. The van der Waals surface area contributed by atoms with Crippen molar-refractivity contribution in [1.82, 2.24) is 0 Å². The molecule has 1 aromatic rings. The zero-order valence-electron chi connectivity index (χ0n) is 8.71. The second kappa shape index (κ2) is 5.25. The summed E-state index contributed by atoms with van der Waals surface area (Å²) in [6.45, 7) is 1.32. The molecule has 1 unspecified atom stereocenters. The van der Waals surface area contributed by atoms with Crippen LogP contribution in [0.3, 0.4) is 0 Å². The predicted molar refractivity (Wildman–Crippen MR) is 68.0 cm³/mol. The lowest BCUT2D eigenvalue weighted by Gasteiger charge is -2.14. The van der Waals surface area contributed by atoms with E-state index in [1.807, 2.05) is 0 Å². The van der Waals surface area contributed by atoms with Gasteiger partial charge in [-0.25, -0.2) is 0 Å². The summed E-state index contributed by atoms with van der Waals surface area (Å²) in [7, 11) is 0. The van der Waals surface area contributed by atoms with Crippen molar-refractivity contribution >= 4 is 33.2 Å². The summed E-state index contributed by atoms with van der Waals surface area (Å²) >= 11 is 9.36. The molecule has 1 aromatic carbocycles. The van der Waals surface area contributed by atoms with Gasteiger partial charge in [0.05, 0.1) is 16.8 Å². The highest BCUT2D eigenvalue weighted by atomic mass is 79.9. The second-order valence-electron chi connectivity index (χ2n) is 3.75. The van der Waals surface area contributed by atoms with E-state index in [-0.39, 0.29) is 6.10 Å². The van der Waals surface area contributed by atoms with Crippen LogP contribution in [0, 0.1) is 0 Å². The van der Waals surface area contributed by atoms with Crippen LogP contribution in [-0.4, -0.2) is 19.3 Å². The molecule has 0 bridgehead atoms. The molecule has 16 heavy (non-hydrogen) atoms. The standard InChI is InChI=1S/C11H13BrClNO2/c12-7-4-9(13)11(10(14)5-7)16-6-8-2-1-3-15-8/h4-5,8H,1-3,6,14H2. The summed E-state index contributed by atoms with van der Waals surface area (Å²) in [5.74, 6) is 0.542. The third-order valence-electron chi connectivity index (χ3n) is 2.47. The van der Waals surface area contributed by atoms with Gasteiger partial charge in [-0.2, -0.15) is 0 Å². The number of hydrogen-bond donors (Lipinski definition) is 1. The fourth-order valence-corrected chi connectivity index (χ4v) is 2.57. The molecular weight excluding hydrogens is 293 g/mol. The van der Waals surface area contributed by atoms with Crippen molar-refractivity contribution in [2.45, 2.75) is 18.9 Å². The minimum atomic E-state index is 0.166. The normalized spacial score (nSPS) is 20.0. The highest BCUT2D eigenvalue weighted by Gasteiger charge is 2.17. The largest absolute Gasteiger partial charge is 0.487 e. The minimum Gasteiger partial charge on any atom is -0.487 e. The molecule has 0 aliphatic carbocycles. The molecule has 0 spiro atoms. The summed E-state index contributed by atoms with van der Waals surface area (Å²) in [5.41, 5.74) is 6.37. The van der Waals surface area contributed by atoms with Gasteiger partial charge in [0.25, 0.3) is 0 Å². The van der Waals surface area contributed by atoms with Crippen LogP contribution in [0.25, 0.3) is 0 Å². The molecule has 1 heterocycles. The maximum Gasteiger partial charge on any atom is 0.160 e. The van der Waals surface area contributed by atoms with Crippen molar-refractivity contribution in [1.29, 1.82) is 0 Å². The Morgan fingerprint density at radius 2 is 2.38 bits per heavy atom. The molecule has 1 fully saturated rings. The lowest BCUT2D eigenvalue weighted by atomic mass is 10.2. The van der Waals surface area contributed by atoms with E-state index < -0.39 is 0 Å². The second-order valence-corrected chi connectivity index (χ2v) is 5.07. The van der Waals surface area contributed by atoms with Crippen molar-refractivity contribution < 1.29 is 9.47 Å². The van der Waals surface area contributed by atoms with E-state index in [4.69, 9.17) is 26.8 Å². The van der Waals surface area contributed by atoms with Crippen LogP contribution in [0.4, 0.5) is 5.69 Å².